The summed E-state index contributed by atoms with van der Waals surface area (Å²) in [5, 5.41) is 9.54. The van der Waals surface area contributed by atoms with E-state index in [2.05, 4.69) is 11.6 Å². The van der Waals surface area contributed by atoms with Crippen LogP contribution >= 0.6 is 0 Å². The monoisotopic (exact) mass is 259 g/mol. The first-order valence-corrected chi connectivity index (χ1v) is 5.59. The van der Waals surface area contributed by atoms with Gasteiger partial charge in [-0.25, -0.2) is 4.99 Å². The first kappa shape index (κ1) is 13.0. The Morgan fingerprint density at radius 2 is 2.33 bits per heavy atom. The average molecular weight is 259 g/mol. The van der Waals surface area contributed by atoms with Crippen LogP contribution in [0, 0.1) is 0 Å². The van der Waals surface area contributed by atoms with Crippen molar-refractivity contribution >= 4 is 5.84 Å². The number of nitrogens with zero attached hydrogens (tertiary/aromatic N) is 2. The number of alkyl halides is 2. The summed E-state index contributed by atoms with van der Waals surface area (Å²) in [5.74, 6) is -3.15. The summed E-state index contributed by atoms with van der Waals surface area (Å²) < 4.78 is 33.0. The van der Waals surface area contributed by atoms with Gasteiger partial charge in [-0.2, -0.15) is 8.78 Å². The van der Waals surface area contributed by atoms with E-state index < -0.39 is 24.4 Å². The minimum Gasteiger partial charge on any atom is -0.384 e. The molecule has 1 fully saturated rings. The zero-order chi connectivity index (χ0) is 13.5. The van der Waals surface area contributed by atoms with Crippen molar-refractivity contribution in [2.24, 2.45) is 10.7 Å². The molecule has 0 aliphatic carbocycles. The van der Waals surface area contributed by atoms with Crippen molar-refractivity contribution in [3.63, 3.8) is 0 Å². The van der Waals surface area contributed by atoms with Gasteiger partial charge in [-0.15, -0.1) is 0 Å². The lowest BCUT2D eigenvalue weighted by Gasteiger charge is -2.31. The molecule has 18 heavy (non-hydrogen) atoms. The van der Waals surface area contributed by atoms with Gasteiger partial charge in [-0.1, -0.05) is 13.5 Å². The van der Waals surface area contributed by atoms with Gasteiger partial charge in [0.25, 0.3) is 0 Å². The number of amidine groups is 1. The summed E-state index contributed by atoms with van der Waals surface area (Å²) in [5.41, 5.74) is 5.43. The van der Waals surface area contributed by atoms with Crippen LogP contribution in [0.15, 0.2) is 29.7 Å². The second-order valence-corrected chi connectivity index (χ2v) is 4.23. The number of aliphatic hydroxyl groups excluding tert-OH is 1. The van der Waals surface area contributed by atoms with Crippen molar-refractivity contribution in [2.75, 3.05) is 0 Å². The van der Waals surface area contributed by atoms with Crippen LogP contribution in [0.2, 0.25) is 0 Å². The van der Waals surface area contributed by atoms with E-state index in [1.807, 2.05) is 0 Å². The van der Waals surface area contributed by atoms with Crippen molar-refractivity contribution in [3.05, 3.63) is 24.7 Å². The van der Waals surface area contributed by atoms with E-state index in [0.29, 0.717) is 6.42 Å². The van der Waals surface area contributed by atoms with Crippen LogP contribution in [0.5, 0.6) is 0 Å². The number of aliphatic imine (C=N–C) groups is 1. The van der Waals surface area contributed by atoms with Gasteiger partial charge in [-0.05, 0) is 12.5 Å². The Balaban J connectivity index is 2.25. The van der Waals surface area contributed by atoms with Crippen molar-refractivity contribution in [1.82, 2.24) is 4.90 Å². The van der Waals surface area contributed by atoms with E-state index in [4.69, 9.17) is 10.5 Å². The Bertz CT molecular complexity index is 423. The van der Waals surface area contributed by atoms with E-state index in [-0.39, 0.29) is 11.7 Å². The highest BCUT2D eigenvalue weighted by Crippen LogP contribution is 2.40. The second-order valence-electron chi connectivity index (χ2n) is 4.23. The fourth-order valence-electron chi connectivity index (χ4n) is 2.00. The molecule has 2 heterocycles. The molecular weight excluding hydrogens is 244 g/mol. The smallest absolute Gasteiger partial charge is 0.320 e. The minimum atomic E-state index is -3.39. The topological polar surface area (TPSA) is 71.1 Å². The number of nitrogens with two attached hydrogens (primary N) is 1. The van der Waals surface area contributed by atoms with E-state index in [9.17, 15) is 13.9 Å². The largest absolute Gasteiger partial charge is 0.384 e. The Morgan fingerprint density at radius 3 is 2.83 bits per heavy atom. The number of rotatable bonds is 2. The van der Waals surface area contributed by atoms with E-state index in [1.165, 1.54) is 12.3 Å². The van der Waals surface area contributed by atoms with Gasteiger partial charge in [0.1, 0.15) is 17.8 Å². The predicted octanol–water partition coefficient (Wildman–Crippen LogP) is 0.775. The lowest BCUT2D eigenvalue weighted by molar-refractivity contribution is -0.148. The zero-order valence-corrected chi connectivity index (χ0v) is 9.88. The summed E-state index contributed by atoms with van der Waals surface area (Å²) in [6.45, 7) is 5.21. The van der Waals surface area contributed by atoms with Gasteiger partial charge in [0.2, 0.25) is 6.23 Å². The Kier molecular flexibility index (Phi) is 3.12. The van der Waals surface area contributed by atoms with Gasteiger partial charge in [0.05, 0.1) is 6.10 Å². The molecule has 0 spiro atoms. The SMILES string of the molecule is C=C1N=C(N)C=CN1C1OC(CC)C(O)C1(F)F. The third-order valence-corrected chi connectivity index (χ3v) is 3.00. The summed E-state index contributed by atoms with van der Waals surface area (Å²) >= 11 is 0. The zero-order valence-electron chi connectivity index (χ0n) is 9.88. The van der Waals surface area contributed by atoms with Crippen molar-refractivity contribution in [2.45, 2.75) is 37.7 Å². The highest BCUT2D eigenvalue weighted by atomic mass is 19.3. The van der Waals surface area contributed by atoms with Crippen LogP contribution in [0.4, 0.5) is 8.78 Å². The van der Waals surface area contributed by atoms with Crippen LogP contribution in [-0.2, 0) is 4.74 Å². The number of aliphatic hydroxyl groups is 1. The van der Waals surface area contributed by atoms with Crippen LogP contribution in [0.3, 0.4) is 0 Å². The van der Waals surface area contributed by atoms with Crippen LogP contribution in [0.25, 0.3) is 0 Å². The van der Waals surface area contributed by atoms with Crippen molar-refractivity contribution < 1.29 is 18.6 Å². The Labute approximate surface area is 103 Å². The molecular formula is C11H15F2N3O2. The van der Waals surface area contributed by atoms with Crippen molar-refractivity contribution in [3.8, 4) is 0 Å². The van der Waals surface area contributed by atoms with Crippen LogP contribution < -0.4 is 5.73 Å². The molecule has 0 aromatic rings. The summed E-state index contributed by atoms with van der Waals surface area (Å²) in [6, 6.07) is 0. The van der Waals surface area contributed by atoms with Gasteiger partial charge < -0.3 is 20.5 Å². The Morgan fingerprint density at radius 1 is 1.67 bits per heavy atom. The number of hydrogen-bond acceptors (Lipinski definition) is 5. The predicted molar refractivity (Wildman–Crippen MR) is 61.6 cm³/mol. The average Bonchev–Trinajstić information content (AvgIpc) is 2.52. The molecule has 1 saturated heterocycles. The molecule has 0 bridgehead atoms. The molecule has 5 nitrogen and oxygen atoms in total. The molecule has 3 N–H and O–H groups in total. The maximum Gasteiger partial charge on any atom is 0.320 e. The highest BCUT2D eigenvalue weighted by Gasteiger charge is 2.60. The van der Waals surface area contributed by atoms with Crippen LogP contribution in [-0.4, -0.2) is 40.2 Å². The number of halogens is 2. The standard InChI is InChI=1S/C11H15F2N3O2/c1-3-7-9(17)11(12,13)10(18-7)16-5-4-8(14)15-6(16)2/h4-5,7,9-10,17H,2-3H2,1H3,(H2,14,15). The van der Waals surface area contributed by atoms with E-state index in [0.717, 1.165) is 4.90 Å². The second kappa shape index (κ2) is 4.33. The Hall–Kier alpha value is -1.47. The van der Waals surface area contributed by atoms with Gasteiger partial charge in [0.15, 0.2) is 0 Å². The quantitative estimate of drug-likeness (QED) is 0.768. The molecule has 0 aromatic carbocycles. The van der Waals surface area contributed by atoms with E-state index >= 15 is 0 Å². The summed E-state index contributed by atoms with van der Waals surface area (Å²) in [4.78, 5) is 4.87. The molecule has 3 atom stereocenters. The third-order valence-electron chi connectivity index (χ3n) is 3.00. The van der Waals surface area contributed by atoms with Gasteiger partial charge in [-0.3, -0.25) is 0 Å². The summed E-state index contributed by atoms with van der Waals surface area (Å²) in [7, 11) is 0. The molecule has 2 aliphatic heterocycles. The number of ether oxygens (including phenoxy) is 1. The van der Waals surface area contributed by atoms with E-state index in [1.54, 1.807) is 6.92 Å². The fraction of sp³-hybridized carbons (Fsp3) is 0.545. The molecule has 7 heteroatoms. The first-order valence-electron chi connectivity index (χ1n) is 5.59. The van der Waals surface area contributed by atoms with Crippen LogP contribution in [0.1, 0.15) is 13.3 Å². The third kappa shape index (κ3) is 1.89. The normalized spacial score (nSPS) is 34.9. The minimum absolute atomic E-state index is 0.0589. The molecule has 2 aliphatic rings. The molecule has 3 unspecified atom stereocenters. The lowest BCUT2D eigenvalue weighted by Crippen LogP contribution is -2.47. The first-order chi connectivity index (χ1) is 8.37. The molecule has 0 amide bonds. The maximum atomic E-state index is 13.9. The van der Waals surface area contributed by atoms with Crippen molar-refractivity contribution in [1.29, 1.82) is 0 Å². The van der Waals surface area contributed by atoms with Gasteiger partial charge >= 0.3 is 5.92 Å². The fourth-order valence-corrected chi connectivity index (χ4v) is 2.00. The van der Waals surface area contributed by atoms with Gasteiger partial charge in [0, 0.05) is 6.20 Å². The maximum absolute atomic E-state index is 13.9. The highest BCUT2D eigenvalue weighted by molar-refractivity contribution is 5.92. The molecule has 100 valence electrons. The molecule has 0 radical (unpaired) electrons. The summed E-state index contributed by atoms with van der Waals surface area (Å²) in [6.07, 6.45) is -1.36. The lowest BCUT2D eigenvalue weighted by atomic mass is 10.1. The molecule has 0 saturated carbocycles. The number of hydrogen-bond donors (Lipinski definition) is 2. The molecule has 0 aromatic heterocycles. The molecule has 2 rings (SSSR count).